The standard InChI is InChI=1S/C17H26Cl2N4O.HI/c1-6-21-16(22-10-17(3,4)15(24)20-5)23-11(2)13-8-7-12(18)9-14(13)19;/h7-9,11H,6,10H2,1-5H3,(H,20,24)(H2,21,22,23);1H. The number of amides is 1. The molecule has 0 aliphatic heterocycles. The van der Waals surface area contributed by atoms with Crippen LogP contribution in [-0.2, 0) is 4.79 Å². The summed E-state index contributed by atoms with van der Waals surface area (Å²) in [4.78, 5) is 16.4. The Hall–Kier alpha value is -0.730. The van der Waals surface area contributed by atoms with E-state index in [1.54, 1.807) is 19.2 Å². The quantitative estimate of drug-likeness (QED) is 0.314. The number of aliphatic imine (C=N–C) groups is 1. The van der Waals surface area contributed by atoms with Gasteiger partial charge in [-0.05, 0) is 45.4 Å². The van der Waals surface area contributed by atoms with Crippen molar-refractivity contribution in [3.63, 3.8) is 0 Å². The van der Waals surface area contributed by atoms with E-state index in [-0.39, 0.29) is 35.9 Å². The minimum atomic E-state index is -0.585. The third kappa shape index (κ3) is 7.58. The Morgan fingerprint density at radius 3 is 2.48 bits per heavy atom. The number of carbonyl (C=O) groups excluding carboxylic acids is 1. The summed E-state index contributed by atoms with van der Waals surface area (Å²) in [6.07, 6.45) is 0. The van der Waals surface area contributed by atoms with Gasteiger partial charge in [0.15, 0.2) is 5.96 Å². The van der Waals surface area contributed by atoms with E-state index in [1.807, 2.05) is 33.8 Å². The predicted molar refractivity (Wildman–Crippen MR) is 117 cm³/mol. The van der Waals surface area contributed by atoms with Gasteiger partial charge in [0.2, 0.25) is 5.91 Å². The molecule has 1 aromatic carbocycles. The number of guanidine groups is 1. The van der Waals surface area contributed by atoms with Gasteiger partial charge in [-0.2, -0.15) is 0 Å². The highest BCUT2D eigenvalue weighted by molar-refractivity contribution is 14.0. The fourth-order valence-corrected chi connectivity index (χ4v) is 2.71. The summed E-state index contributed by atoms with van der Waals surface area (Å²) in [5.74, 6) is 0.587. The highest BCUT2D eigenvalue weighted by Gasteiger charge is 2.26. The molecule has 1 aromatic rings. The molecule has 1 amide bonds. The minimum Gasteiger partial charge on any atom is -0.359 e. The van der Waals surface area contributed by atoms with Crippen LogP contribution in [0.2, 0.25) is 10.0 Å². The molecule has 1 atom stereocenters. The molecule has 1 unspecified atom stereocenters. The molecule has 0 saturated carbocycles. The van der Waals surface area contributed by atoms with Crippen molar-refractivity contribution in [1.29, 1.82) is 0 Å². The number of carbonyl (C=O) groups is 1. The third-order valence-electron chi connectivity index (χ3n) is 3.60. The van der Waals surface area contributed by atoms with Crippen LogP contribution in [0.4, 0.5) is 0 Å². The van der Waals surface area contributed by atoms with Crippen molar-refractivity contribution < 1.29 is 4.79 Å². The molecule has 25 heavy (non-hydrogen) atoms. The van der Waals surface area contributed by atoms with Gasteiger partial charge in [0.25, 0.3) is 0 Å². The smallest absolute Gasteiger partial charge is 0.227 e. The van der Waals surface area contributed by atoms with Crippen LogP contribution in [0.15, 0.2) is 23.2 Å². The van der Waals surface area contributed by atoms with E-state index in [0.29, 0.717) is 29.1 Å². The summed E-state index contributed by atoms with van der Waals surface area (Å²) < 4.78 is 0. The lowest BCUT2D eigenvalue weighted by molar-refractivity contribution is -0.128. The summed E-state index contributed by atoms with van der Waals surface area (Å²) in [6, 6.07) is 5.35. The number of rotatable bonds is 6. The third-order valence-corrected chi connectivity index (χ3v) is 4.16. The molecule has 0 bridgehead atoms. The molecule has 8 heteroatoms. The number of nitrogens with zero attached hydrogens (tertiary/aromatic N) is 1. The molecule has 0 fully saturated rings. The Balaban J connectivity index is 0.00000576. The van der Waals surface area contributed by atoms with Gasteiger partial charge in [-0.3, -0.25) is 9.79 Å². The molecule has 0 heterocycles. The lowest BCUT2D eigenvalue weighted by atomic mass is 9.93. The Bertz CT molecular complexity index is 608. The van der Waals surface area contributed by atoms with E-state index in [9.17, 15) is 4.79 Å². The largest absolute Gasteiger partial charge is 0.359 e. The lowest BCUT2D eigenvalue weighted by Crippen LogP contribution is -2.41. The van der Waals surface area contributed by atoms with Crippen LogP contribution in [-0.4, -0.2) is 32.0 Å². The fourth-order valence-electron chi connectivity index (χ4n) is 2.14. The van der Waals surface area contributed by atoms with E-state index in [0.717, 1.165) is 5.56 Å². The molecule has 5 nitrogen and oxygen atoms in total. The van der Waals surface area contributed by atoms with Gasteiger partial charge >= 0.3 is 0 Å². The molecular formula is C17H27Cl2IN4O. The Kier molecular flexibility index (Phi) is 10.8. The predicted octanol–water partition coefficient (Wildman–Crippen LogP) is 4.00. The number of nitrogens with one attached hydrogen (secondary N) is 3. The maximum atomic E-state index is 11.9. The van der Waals surface area contributed by atoms with Gasteiger partial charge < -0.3 is 16.0 Å². The fraction of sp³-hybridized carbons (Fsp3) is 0.529. The number of benzene rings is 1. The van der Waals surface area contributed by atoms with E-state index < -0.39 is 5.41 Å². The molecule has 0 spiro atoms. The van der Waals surface area contributed by atoms with Gasteiger partial charge in [-0.25, -0.2) is 0 Å². The van der Waals surface area contributed by atoms with Crippen LogP contribution in [0, 0.1) is 5.41 Å². The first-order chi connectivity index (χ1) is 11.2. The second kappa shape index (κ2) is 11.1. The highest BCUT2D eigenvalue weighted by atomic mass is 127. The Labute approximate surface area is 177 Å². The van der Waals surface area contributed by atoms with Crippen molar-refractivity contribution >= 4 is 59.0 Å². The average Bonchev–Trinajstić information content (AvgIpc) is 2.51. The topological polar surface area (TPSA) is 65.5 Å². The maximum absolute atomic E-state index is 11.9. The van der Waals surface area contributed by atoms with Crippen LogP contribution in [0.5, 0.6) is 0 Å². The summed E-state index contributed by atoms with van der Waals surface area (Å²) in [6.45, 7) is 8.78. The van der Waals surface area contributed by atoms with E-state index in [4.69, 9.17) is 23.2 Å². The number of hydrogen-bond donors (Lipinski definition) is 3. The second-order valence-corrected chi connectivity index (χ2v) is 7.03. The lowest BCUT2D eigenvalue weighted by Gasteiger charge is -2.23. The Morgan fingerprint density at radius 2 is 1.96 bits per heavy atom. The van der Waals surface area contributed by atoms with E-state index in [2.05, 4.69) is 20.9 Å². The molecule has 142 valence electrons. The van der Waals surface area contributed by atoms with E-state index >= 15 is 0 Å². The normalized spacial score (nSPS) is 12.8. The van der Waals surface area contributed by atoms with Gasteiger partial charge in [-0.1, -0.05) is 29.3 Å². The summed E-state index contributed by atoms with van der Waals surface area (Å²) in [5, 5.41) is 10.3. The number of hydrogen-bond acceptors (Lipinski definition) is 2. The van der Waals surface area contributed by atoms with Crippen LogP contribution in [0.3, 0.4) is 0 Å². The molecule has 0 aliphatic carbocycles. The first-order valence-corrected chi connectivity index (χ1v) is 8.68. The second-order valence-electron chi connectivity index (χ2n) is 6.19. The van der Waals surface area contributed by atoms with Crippen LogP contribution in [0.1, 0.15) is 39.3 Å². The first kappa shape index (κ1) is 24.3. The van der Waals surface area contributed by atoms with Crippen molar-refractivity contribution in [2.24, 2.45) is 10.4 Å². The molecule has 0 saturated heterocycles. The van der Waals surface area contributed by atoms with Crippen molar-refractivity contribution in [2.75, 3.05) is 20.1 Å². The monoisotopic (exact) mass is 500 g/mol. The van der Waals surface area contributed by atoms with Crippen molar-refractivity contribution in [2.45, 2.75) is 33.7 Å². The highest BCUT2D eigenvalue weighted by Crippen LogP contribution is 2.26. The summed E-state index contributed by atoms with van der Waals surface area (Å²) in [5.41, 5.74) is 0.343. The zero-order valence-corrected chi connectivity index (χ0v) is 19.1. The first-order valence-electron chi connectivity index (χ1n) is 7.93. The van der Waals surface area contributed by atoms with Crippen molar-refractivity contribution in [3.8, 4) is 0 Å². The SMILES string of the molecule is CCNC(=NCC(C)(C)C(=O)NC)NC(C)c1ccc(Cl)cc1Cl.I. The van der Waals surface area contributed by atoms with Crippen molar-refractivity contribution in [1.82, 2.24) is 16.0 Å². The molecule has 0 aromatic heterocycles. The van der Waals surface area contributed by atoms with Gasteiger partial charge in [0.1, 0.15) is 0 Å². The van der Waals surface area contributed by atoms with Gasteiger partial charge in [-0.15, -0.1) is 24.0 Å². The van der Waals surface area contributed by atoms with E-state index in [1.165, 1.54) is 0 Å². The van der Waals surface area contributed by atoms with Gasteiger partial charge in [0, 0.05) is 23.6 Å². The maximum Gasteiger partial charge on any atom is 0.227 e. The summed E-state index contributed by atoms with van der Waals surface area (Å²) >= 11 is 12.2. The Morgan fingerprint density at radius 1 is 1.32 bits per heavy atom. The van der Waals surface area contributed by atoms with Crippen LogP contribution < -0.4 is 16.0 Å². The molecule has 1 rings (SSSR count). The molecule has 3 N–H and O–H groups in total. The average molecular weight is 501 g/mol. The number of halogens is 3. The molecular weight excluding hydrogens is 474 g/mol. The zero-order chi connectivity index (χ0) is 18.3. The zero-order valence-electron chi connectivity index (χ0n) is 15.2. The summed E-state index contributed by atoms with van der Waals surface area (Å²) in [7, 11) is 1.63. The minimum absolute atomic E-state index is 0. The van der Waals surface area contributed by atoms with Gasteiger partial charge in [0.05, 0.1) is 18.0 Å². The molecule has 0 radical (unpaired) electrons. The van der Waals surface area contributed by atoms with Crippen LogP contribution in [0.25, 0.3) is 0 Å². The van der Waals surface area contributed by atoms with Crippen LogP contribution >= 0.6 is 47.2 Å². The molecule has 0 aliphatic rings. The van der Waals surface area contributed by atoms with Crippen molar-refractivity contribution in [3.05, 3.63) is 33.8 Å².